The number of aryl methyl sites for hydroxylation is 1. The summed E-state index contributed by atoms with van der Waals surface area (Å²) in [6, 6.07) is 12.3. The Kier molecular flexibility index (Phi) is 2.91. The van der Waals surface area contributed by atoms with E-state index in [1.54, 1.807) is 49.5 Å². The van der Waals surface area contributed by atoms with E-state index in [9.17, 15) is 9.59 Å². The first-order valence-corrected chi connectivity index (χ1v) is 6.26. The van der Waals surface area contributed by atoms with Crippen molar-refractivity contribution in [2.24, 2.45) is 0 Å². The highest BCUT2D eigenvalue weighted by atomic mass is 16.1. The number of hydrogen-bond donors (Lipinski definition) is 1. The molecule has 2 heterocycles. The van der Waals surface area contributed by atoms with E-state index in [4.69, 9.17) is 0 Å². The molecule has 0 aliphatic carbocycles. The molecule has 0 saturated carbocycles. The number of aromatic nitrogens is 2. The number of carbonyl (C=O) groups is 1. The number of hydrogen-bond acceptors (Lipinski definition) is 3. The molecule has 1 aromatic carbocycles. The van der Waals surface area contributed by atoms with Crippen molar-refractivity contribution < 1.29 is 4.79 Å². The summed E-state index contributed by atoms with van der Waals surface area (Å²) in [5.41, 5.74) is 1.81. The van der Waals surface area contributed by atoms with Crippen LogP contribution in [0.4, 0.5) is 0 Å². The van der Waals surface area contributed by atoms with Gasteiger partial charge in [-0.15, -0.1) is 0 Å². The minimum atomic E-state index is -0.328. The maximum absolute atomic E-state index is 12.5. The molecule has 0 spiro atoms. The van der Waals surface area contributed by atoms with Crippen molar-refractivity contribution in [1.29, 1.82) is 0 Å². The van der Waals surface area contributed by atoms with E-state index in [-0.39, 0.29) is 22.3 Å². The van der Waals surface area contributed by atoms with E-state index in [0.717, 1.165) is 0 Å². The molecule has 3 aromatic rings. The third-order valence-electron chi connectivity index (χ3n) is 3.21. The van der Waals surface area contributed by atoms with Crippen LogP contribution in [0.15, 0.2) is 53.5 Å². The van der Waals surface area contributed by atoms with Gasteiger partial charge in [0.2, 0.25) is 5.43 Å². The van der Waals surface area contributed by atoms with Crippen LogP contribution in [0.2, 0.25) is 0 Å². The van der Waals surface area contributed by atoms with Gasteiger partial charge < -0.3 is 4.98 Å². The molecule has 0 saturated heterocycles. The van der Waals surface area contributed by atoms with Crippen LogP contribution in [0.25, 0.3) is 11.0 Å². The van der Waals surface area contributed by atoms with Crippen LogP contribution >= 0.6 is 0 Å². The minimum Gasteiger partial charge on any atom is -0.357 e. The summed E-state index contributed by atoms with van der Waals surface area (Å²) in [7, 11) is 0. The first-order chi connectivity index (χ1) is 9.68. The van der Waals surface area contributed by atoms with Crippen molar-refractivity contribution in [3.8, 4) is 0 Å². The Balaban J connectivity index is 2.27. The number of H-pyrrole nitrogens is 1. The van der Waals surface area contributed by atoms with Crippen LogP contribution in [0.5, 0.6) is 0 Å². The second-order valence-electron chi connectivity index (χ2n) is 4.55. The molecular weight excluding hydrogens is 252 g/mol. The minimum absolute atomic E-state index is 0.155. The van der Waals surface area contributed by atoms with Gasteiger partial charge in [-0.2, -0.15) is 0 Å². The molecule has 0 amide bonds. The van der Waals surface area contributed by atoms with Gasteiger partial charge in [0, 0.05) is 17.5 Å². The summed E-state index contributed by atoms with van der Waals surface area (Å²) >= 11 is 0. The van der Waals surface area contributed by atoms with E-state index in [1.807, 2.05) is 6.07 Å². The van der Waals surface area contributed by atoms with Gasteiger partial charge in [0.15, 0.2) is 5.78 Å². The van der Waals surface area contributed by atoms with Crippen LogP contribution in [0, 0.1) is 6.92 Å². The highest BCUT2D eigenvalue weighted by Gasteiger charge is 2.18. The highest BCUT2D eigenvalue weighted by Crippen LogP contribution is 2.13. The molecule has 98 valence electrons. The third-order valence-corrected chi connectivity index (χ3v) is 3.21. The average molecular weight is 264 g/mol. The lowest BCUT2D eigenvalue weighted by atomic mass is 10.0. The molecule has 0 aliphatic rings. The molecule has 4 heteroatoms. The van der Waals surface area contributed by atoms with E-state index < -0.39 is 0 Å². The molecule has 0 fully saturated rings. The fourth-order valence-electron chi connectivity index (χ4n) is 2.25. The molecule has 0 atom stereocenters. The van der Waals surface area contributed by atoms with Gasteiger partial charge in [-0.1, -0.05) is 30.3 Å². The summed E-state index contributed by atoms with van der Waals surface area (Å²) in [4.78, 5) is 32.1. The molecule has 1 N–H and O–H groups in total. The van der Waals surface area contributed by atoms with Gasteiger partial charge >= 0.3 is 0 Å². The monoisotopic (exact) mass is 264 g/mol. The van der Waals surface area contributed by atoms with Crippen LogP contribution in [-0.2, 0) is 0 Å². The van der Waals surface area contributed by atoms with Gasteiger partial charge in [0.1, 0.15) is 5.52 Å². The summed E-state index contributed by atoms with van der Waals surface area (Å²) in [5, 5.41) is 0. The molecule has 4 nitrogen and oxygen atoms in total. The molecule has 0 bridgehead atoms. The van der Waals surface area contributed by atoms with E-state index >= 15 is 0 Å². The molecule has 0 radical (unpaired) electrons. The molecule has 0 unspecified atom stereocenters. The second kappa shape index (κ2) is 4.74. The summed E-state index contributed by atoms with van der Waals surface area (Å²) in [6.45, 7) is 1.73. The van der Waals surface area contributed by atoms with Crippen LogP contribution < -0.4 is 5.43 Å². The van der Waals surface area contributed by atoms with Gasteiger partial charge in [-0.3, -0.25) is 14.6 Å². The van der Waals surface area contributed by atoms with Crippen molar-refractivity contribution >= 4 is 16.8 Å². The zero-order valence-electron chi connectivity index (χ0n) is 10.9. The van der Waals surface area contributed by atoms with E-state index in [0.29, 0.717) is 16.8 Å². The summed E-state index contributed by atoms with van der Waals surface area (Å²) < 4.78 is 0. The SMILES string of the molecule is Cc1[nH]c2cccnc2c(=O)c1C(=O)c1ccccc1. The third kappa shape index (κ3) is 1.91. The number of pyridine rings is 2. The maximum Gasteiger partial charge on any atom is 0.219 e. The van der Waals surface area contributed by atoms with Crippen molar-refractivity contribution in [2.75, 3.05) is 0 Å². The molecule has 3 rings (SSSR count). The van der Waals surface area contributed by atoms with Crippen LogP contribution in [0.3, 0.4) is 0 Å². The lowest BCUT2D eigenvalue weighted by Gasteiger charge is -2.06. The topological polar surface area (TPSA) is 62.8 Å². The Labute approximate surface area is 115 Å². The standard InChI is InChI=1S/C16H12N2O2/c1-10-13(15(19)11-6-3-2-4-7-11)16(20)14-12(18-10)8-5-9-17-14/h2-9H,1H3,(H,18,20). The first kappa shape index (κ1) is 12.3. The number of nitrogens with zero attached hydrogens (tertiary/aromatic N) is 1. The molecular formula is C16H12N2O2. The number of fused-ring (bicyclic) bond motifs is 1. The summed E-state index contributed by atoms with van der Waals surface area (Å²) in [5.74, 6) is -0.281. The van der Waals surface area contributed by atoms with Gasteiger partial charge in [0.25, 0.3) is 0 Å². The number of nitrogens with one attached hydrogen (secondary N) is 1. The van der Waals surface area contributed by atoms with Crippen molar-refractivity contribution in [3.05, 3.63) is 75.7 Å². The fraction of sp³-hybridized carbons (Fsp3) is 0.0625. The van der Waals surface area contributed by atoms with Crippen molar-refractivity contribution in [2.45, 2.75) is 6.92 Å². The van der Waals surface area contributed by atoms with Gasteiger partial charge in [0.05, 0.1) is 11.1 Å². The normalized spacial score (nSPS) is 10.7. The number of rotatable bonds is 2. The van der Waals surface area contributed by atoms with Gasteiger partial charge in [-0.25, -0.2) is 0 Å². The van der Waals surface area contributed by atoms with Gasteiger partial charge in [-0.05, 0) is 19.1 Å². The zero-order valence-corrected chi connectivity index (χ0v) is 10.9. The smallest absolute Gasteiger partial charge is 0.219 e. The largest absolute Gasteiger partial charge is 0.357 e. The molecule has 20 heavy (non-hydrogen) atoms. The molecule has 0 aliphatic heterocycles. The predicted octanol–water partition coefficient (Wildman–Crippen LogP) is 2.46. The Morgan fingerprint density at radius 3 is 2.60 bits per heavy atom. The second-order valence-corrected chi connectivity index (χ2v) is 4.55. The summed E-state index contributed by atoms with van der Waals surface area (Å²) in [6.07, 6.45) is 1.55. The van der Waals surface area contributed by atoms with Crippen LogP contribution in [-0.4, -0.2) is 15.8 Å². The average Bonchev–Trinajstić information content (AvgIpc) is 2.48. The first-order valence-electron chi connectivity index (χ1n) is 6.26. The lowest BCUT2D eigenvalue weighted by molar-refractivity contribution is 0.103. The predicted molar refractivity (Wildman–Crippen MR) is 77.0 cm³/mol. The molecule has 2 aromatic heterocycles. The Bertz CT molecular complexity index is 851. The van der Waals surface area contributed by atoms with E-state index in [2.05, 4.69) is 9.97 Å². The Morgan fingerprint density at radius 2 is 1.85 bits per heavy atom. The zero-order chi connectivity index (χ0) is 14.1. The fourth-order valence-corrected chi connectivity index (χ4v) is 2.25. The number of aromatic amines is 1. The van der Waals surface area contributed by atoms with Crippen LogP contribution in [0.1, 0.15) is 21.6 Å². The van der Waals surface area contributed by atoms with E-state index in [1.165, 1.54) is 0 Å². The lowest BCUT2D eigenvalue weighted by Crippen LogP contribution is -2.20. The maximum atomic E-state index is 12.5. The number of benzene rings is 1. The quantitative estimate of drug-likeness (QED) is 0.723. The Morgan fingerprint density at radius 1 is 1.10 bits per heavy atom. The number of carbonyl (C=O) groups excluding carboxylic acids is 1. The Hall–Kier alpha value is -2.75. The number of ketones is 1. The van der Waals surface area contributed by atoms with Crippen molar-refractivity contribution in [3.63, 3.8) is 0 Å². The highest BCUT2D eigenvalue weighted by molar-refractivity contribution is 6.10. The van der Waals surface area contributed by atoms with Crippen molar-refractivity contribution in [1.82, 2.24) is 9.97 Å².